The molecule has 0 aliphatic heterocycles. The summed E-state index contributed by atoms with van der Waals surface area (Å²) < 4.78 is 5.99. The van der Waals surface area contributed by atoms with Gasteiger partial charge in [0, 0.05) is 17.8 Å². The molecular formula is C22H20N4O2. The van der Waals surface area contributed by atoms with Crippen LogP contribution in [0.15, 0.2) is 55.0 Å². The maximum Gasteiger partial charge on any atom is 0.252 e. The number of rotatable bonds is 4. The number of H-pyrrole nitrogens is 1. The molecule has 0 radical (unpaired) electrons. The molecule has 0 spiro atoms. The van der Waals surface area contributed by atoms with E-state index in [1.54, 1.807) is 0 Å². The molecule has 2 aromatic carbocycles. The van der Waals surface area contributed by atoms with Crippen LogP contribution >= 0.6 is 0 Å². The summed E-state index contributed by atoms with van der Waals surface area (Å²) in [7, 11) is 0. The van der Waals surface area contributed by atoms with Crippen LogP contribution in [0.2, 0.25) is 0 Å². The first-order chi connectivity index (χ1) is 13.8. The summed E-state index contributed by atoms with van der Waals surface area (Å²) in [6, 6.07) is 13.7. The van der Waals surface area contributed by atoms with Gasteiger partial charge in [-0.15, -0.1) is 0 Å². The molecule has 1 aliphatic carbocycles. The van der Waals surface area contributed by atoms with Crippen molar-refractivity contribution in [2.24, 2.45) is 0 Å². The van der Waals surface area contributed by atoms with Crippen molar-refractivity contribution in [2.45, 2.75) is 31.7 Å². The van der Waals surface area contributed by atoms with Crippen molar-refractivity contribution in [1.29, 1.82) is 0 Å². The number of hydrogen-bond acceptors (Lipinski definition) is 4. The van der Waals surface area contributed by atoms with E-state index in [9.17, 15) is 4.79 Å². The van der Waals surface area contributed by atoms with Crippen LogP contribution < -0.4 is 10.1 Å². The molecule has 1 saturated carbocycles. The lowest BCUT2D eigenvalue weighted by Crippen LogP contribution is -2.32. The summed E-state index contributed by atoms with van der Waals surface area (Å²) in [5.41, 5.74) is 1.43. The second-order valence-electron chi connectivity index (χ2n) is 7.16. The summed E-state index contributed by atoms with van der Waals surface area (Å²) in [6.45, 7) is 0. The Morgan fingerprint density at radius 2 is 1.96 bits per heavy atom. The number of aromatic nitrogens is 3. The Labute approximate surface area is 162 Å². The summed E-state index contributed by atoms with van der Waals surface area (Å²) >= 11 is 0. The first-order valence-electron chi connectivity index (χ1n) is 9.57. The van der Waals surface area contributed by atoms with E-state index in [2.05, 4.69) is 20.3 Å². The fourth-order valence-corrected chi connectivity index (χ4v) is 3.90. The highest BCUT2D eigenvalue weighted by Crippen LogP contribution is 2.30. The minimum Gasteiger partial charge on any atom is -0.438 e. The van der Waals surface area contributed by atoms with Crippen LogP contribution in [0, 0.1) is 0 Å². The van der Waals surface area contributed by atoms with Crippen LogP contribution in [0.4, 0.5) is 0 Å². The molecule has 0 saturated heterocycles. The van der Waals surface area contributed by atoms with Crippen molar-refractivity contribution in [1.82, 2.24) is 20.3 Å². The van der Waals surface area contributed by atoms with E-state index < -0.39 is 0 Å². The van der Waals surface area contributed by atoms with Crippen LogP contribution in [-0.2, 0) is 0 Å². The summed E-state index contributed by atoms with van der Waals surface area (Å²) in [5, 5.41) is 5.87. The van der Waals surface area contributed by atoms with Gasteiger partial charge in [0.2, 0.25) is 5.88 Å². The molecule has 6 nitrogen and oxygen atoms in total. The summed E-state index contributed by atoms with van der Waals surface area (Å²) in [5.74, 6) is 1.17. The van der Waals surface area contributed by atoms with Crippen LogP contribution in [0.1, 0.15) is 36.0 Å². The molecule has 140 valence electrons. The van der Waals surface area contributed by atoms with Crippen LogP contribution in [0.5, 0.6) is 11.6 Å². The van der Waals surface area contributed by atoms with Gasteiger partial charge in [-0.05, 0) is 53.9 Å². The van der Waals surface area contributed by atoms with Gasteiger partial charge in [-0.25, -0.2) is 9.97 Å². The number of fused-ring (bicyclic) bond motifs is 2. The molecule has 0 unspecified atom stereocenters. The topological polar surface area (TPSA) is 79.9 Å². The smallest absolute Gasteiger partial charge is 0.252 e. The number of carbonyl (C=O) groups excluding carboxylic acids is 1. The molecule has 1 fully saturated rings. The molecule has 0 bridgehead atoms. The van der Waals surface area contributed by atoms with Gasteiger partial charge in [0.1, 0.15) is 17.7 Å². The number of nitrogens with one attached hydrogen (secondary N) is 2. The minimum atomic E-state index is -0.00370. The van der Waals surface area contributed by atoms with Crippen molar-refractivity contribution in [3.05, 3.63) is 60.6 Å². The molecule has 2 N–H and O–H groups in total. The quantitative estimate of drug-likeness (QED) is 0.550. The predicted octanol–water partition coefficient (Wildman–Crippen LogP) is 4.58. The number of amides is 1. The van der Waals surface area contributed by atoms with Gasteiger partial charge in [-0.3, -0.25) is 4.79 Å². The van der Waals surface area contributed by atoms with Crippen molar-refractivity contribution in [2.75, 3.05) is 0 Å². The maximum absolute atomic E-state index is 12.7. The zero-order chi connectivity index (χ0) is 18.9. The second-order valence-corrected chi connectivity index (χ2v) is 7.16. The zero-order valence-electron chi connectivity index (χ0n) is 15.3. The van der Waals surface area contributed by atoms with Gasteiger partial charge in [0.15, 0.2) is 0 Å². The first kappa shape index (κ1) is 16.7. The third kappa shape index (κ3) is 3.07. The number of aromatic amines is 1. The molecule has 4 aromatic rings. The van der Waals surface area contributed by atoms with Crippen molar-refractivity contribution >= 4 is 27.7 Å². The zero-order valence-corrected chi connectivity index (χ0v) is 15.3. The molecule has 0 atom stereocenters. The van der Waals surface area contributed by atoms with Crippen molar-refractivity contribution in [3.63, 3.8) is 0 Å². The lowest BCUT2D eigenvalue weighted by atomic mass is 10.0. The first-order valence-corrected chi connectivity index (χ1v) is 9.57. The van der Waals surface area contributed by atoms with E-state index >= 15 is 0 Å². The Balaban J connectivity index is 1.45. The van der Waals surface area contributed by atoms with Gasteiger partial charge in [0.05, 0.1) is 5.39 Å². The highest BCUT2D eigenvalue weighted by atomic mass is 16.5. The van der Waals surface area contributed by atoms with Crippen LogP contribution in [0.3, 0.4) is 0 Å². The third-order valence-electron chi connectivity index (χ3n) is 5.32. The molecule has 1 aliphatic rings. The monoisotopic (exact) mass is 372 g/mol. The highest BCUT2D eigenvalue weighted by Gasteiger charge is 2.19. The van der Waals surface area contributed by atoms with Gasteiger partial charge < -0.3 is 15.0 Å². The second kappa shape index (κ2) is 6.96. The molecule has 5 rings (SSSR count). The fourth-order valence-electron chi connectivity index (χ4n) is 3.90. The number of ether oxygens (including phenoxy) is 1. The summed E-state index contributed by atoms with van der Waals surface area (Å²) in [6.07, 6.45) is 7.81. The Morgan fingerprint density at radius 1 is 1.07 bits per heavy atom. The molecular weight excluding hydrogens is 352 g/mol. The minimum absolute atomic E-state index is 0.00370. The van der Waals surface area contributed by atoms with Gasteiger partial charge >= 0.3 is 0 Å². The van der Waals surface area contributed by atoms with E-state index in [1.165, 1.54) is 19.2 Å². The molecule has 2 aromatic heterocycles. The number of carbonyl (C=O) groups is 1. The summed E-state index contributed by atoms with van der Waals surface area (Å²) in [4.78, 5) is 24.2. The standard InChI is InChI=1S/C22H20N4O2/c27-21(26-15-5-1-2-6-15)18-7-3-4-14-12-16(8-9-17(14)18)28-22-19-10-11-23-20(19)24-13-25-22/h3-4,7-13,15H,1-2,5-6H2,(H,26,27)(H,23,24,25). The third-order valence-corrected chi connectivity index (χ3v) is 5.32. The SMILES string of the molecule is O=C(NC1CCCC1)c1cccc2cc(Oc3ncnc4[nH]ccc34)ccc12. The molecule has 1 amide bonds. The Bertz CT molecular complexity index is 1160. The predicted molar refractivity (Wildman–Crippen MR) is 108 cm³/mol. The van der Waals surface area contributed by atoms with Gasteiger partial charge in [0.25, 0.3) is 5.91 Å². The molecule has 2 heterocycles. The Kier molecular flexibility index (Phi) is 4.16. The van der Waals surface area contributed by atoms with Crippen LogP contribution in [0.25, 0.3) is 21.8 Å². The lowest BCUT2D eigenvalue weighted by molar-refractivity contribution is 0.0939. The van der Waals surface area contributed by atoms with E-state index in [1.807, 2.05) is 48.7 Å². The molecule has 6 heteroatoms. The normalized spacial score (nSPS) is 14.6. The Hall–Kier alpha value is -3.41. The van der Waals surface area contributed by atoms with Gasteiger partial charge in [-0.2, -0.15) is 0 Å². The highest BCUT2D eigenvalue weighted by molar-refractivity contribution is 6.07. The maximum atomic E-state index is 12.7. The van der Waals surface area contributed by atoms with Crippen molar-refractivity contribution < 1.29 is 9.53 Å². The number of hydrogen-bond donors (Lipinski definition) is 2. The van der Waals surface area contributed by atoms with E-state index in [0.29, 0.717) is 23.2 Å². The van der Waals surface area contributed by atoms with E-state index in [-0.39, 0.29) is 5.91 Å². The fraction of sp³-hybridized carbons (Fsp3) is 0.227. The van der Waals surface area contributed by atoms with Crippen LogP contribution in [-0.4, -0.2) is 26.9 Å². The van der Waals surface area contributed by atoms with E-state index in [0.717, 1.165) is 34.6 Å². The Morgan fingerprint density at radius 3 is 2.86 bits per heavy atom. The van der Waals surface area contributed by atoms with E-state index in [4.69, 9.17) is 4.74 Å². The average molecular weight is 372 g/mol. The largest absolute Gasteiger partial charge is 0.438 e. The lowest BCUT2D eigenvalue weighted by Gasteiger charge is -2.14. The molecule has 28 heavy (non-hydrogen) atoms. The number of benzene rings is 2. The number of nitrogens with zero attached hydrogens (tertiary/aromatic N) is 2. The average Bonchev–Trinajstić information content (AvgIpc) is 3.39. The van der Waals surface area contributed by atoms with Gasteiger partial charge in [-0.1, -0.05) is 25.0 Å². The van der Waals surface area contributed by atoms with Crippen molar-refractivity contribution in [3.8, 4) is 11.6 Å².